The molecule has 0 aliphatic heterocycles. The lowest BCUT2D eigenvalue weighted by atomic mass is 10.1. The van der Waals surface area contributed by atoms with Gasteiger partial charge in [0.25, 0.3) is 0 Å². The van der Waals surface area contributed by atoms with Crippen LogP contribution in [0.25, 0.3) is 0 Å². The average Bonchev–Trinajstić information content (AvgIpc) is 2.35. The lowest BCUT2D eigenvalue weighted by Crippen LogP contribution is -2.18. The molecule has 0 saturated carbocycles. The molecule has 0 radical (unpaired) electrons. The molecule has 1 aromatic heterocycles. The minimum atomic E-state index is 0.699. The summed E-state index contributed by atoms with van der Waals surface area (Å²) in [4.78, 5) is 6.15. The van der Waals surface area contributed by atoms with Crippen molar-refractivity contribution in [3.63, 3.8) is 0 Å². The second-order valence-electron chi connectivity index (χ2n) is 4.34. The molecule has 94 valence electrons. The first-order chi connectivity index (χ1) is 8.66. The second kappa shape index (κ2) is 5.85. The van der Waals surface area contributed by atoms with E-state index in [2.05, 4.69) is 9.88 Å². The molecule has 2 aromatic rings. The minimum Gasteiger partial charge on any atom is -0.398 e. The van der Waals surface area contributed by atoms with Gasteiger partial charge in [0, 0.05) is 31.2 Å². The highest BCUT2D eigenvalue weighted by molar-refractivity contribution is 6.31. The molecule has 0 fully saturated rings. The van der Waals surface area contributed by atoms with Crippen molar-refractivity contribution in [1.82, 2.24) is 9.88 Å². The number of nitrogens with zero attached hydrogens (tertiary/aromatic N) is 2. The molecule has 0 amide bonds. The normalized spacial score (nSPS) is 10.8. The van der Waals surface area contributed by atoms with Crippen molar-refractivity contribution in [1.29, 1.82) is 0 Å². The Labute approximate surface area is 112 Å². The van der Waals surface area contributed by atoms with E-state index >= 15 is 0 Å². The SMILES string of the molecule is CN(Cc1ccccc1N)Cc1ccncc1Cl. The Morgan fingerprint density at radius 2 is 1.89 bits per heavy atom. The number of nitrogens with two attached hydrogens (primary N) is 1. The summed E-state index contributed by atoms with van der Waals surface area (Å²) in [6.45, 7) is 1.57. The van der Waals surface area contributed by atoms with E-state index in [9.17, 15) is 0 Å². The smallest absolute Gasteiger partial charge is 0.0634 e. The fourth-order valence-corrected chi connectivity index (χ4v) is 2.03. The van der Waals surface area contributed by atoms with E-state index in [1.54, 1.807) is 12.4 Å². The quantitative estimate of drug-likeness (QED) is 0.861. The highest BCUT2D eigenvalue weighted by atomic mass is 35.5. The zero-order chi connectivity index (χ0) is 13.0. The van der Waals surface area contributed by atoms with Crippen molar-refractivity contribution in [3.8, 4) is 0 Å². The first-order valence-corrected chi connectivity index (χ1v) is 6.15. The van der Waals surface area contributed by atoms with Crippen molar-refractivity contribution in [3.05, 3.63) is 58.9 Å². The average molecular weight is 262 g/mol. The zero-order valence-electron chi connectivity index (χ0n) is 10.3. The number of hydrogen-bond acceptors (Lipinski definition) is 3. The number of anilines is 1. The Hall–Kier alpha value is -1.58. The first kappa shape index (κ1) is 12.9. The maximum atomic E-state index is 6.09. The van der Waals surface area contributed by atoms with Gasteiger partial charge in [-0.1, -0.05) is 29.8 Å². The third-order valence-electron chi connectivity index (χ3n) is 2.79. The predicted molar refractivity (Wildman–Crippen MR) is 75.3 cm³/mol. The molecular formula is C14H16ClN3. The molecule has 0 atom stereocenters. The summed E-state index contributed by atoms with van der Waals surface area (Å²) in [6.07, 6.45) is 3.42. The van der Waals surface area contributed by atoms with Crippen LogP contribution in [-0.2, 0) is 13.1 Å². The van der Waals surface area contributed by atoms with Crippen LogP contribution in [0.15, 0.2) is 42.7 Å². The molecule has 0 saturated heterocycles. The highest BCUT2D eigenvalue weighted by Crippen LogP contribution is 2.18. The second-order valence-corrected chi connectivity index (χ2v) is 4.75. The van der Waals surface area contributed by atoms with Gasteiger partial charge in [-0.25, -0.2) is 0 Å². The molecule has 0 spiro atoms. The van der Waals surface area contributed by atoms with Gasteiger partial charge < -0.3 is 5.73 Å². The van der Waals surface area contributed by atoms with Gasteiger partial charge in [0.1, 0.15) is 0 Å². The number of halogens is 1. The third kappa shape index (κ3) is 3.22. The van der Waals surface area contributed by atoms with Crippen molar-refractivity contribution >= 4 is 17.3 Å². The molecule has 18 heavy (non-hydrogen) atoms. The van der Waals surface area contributed by atoms with Crippen LogP contribution in [0.2, 0.25) is 5.02 Å². The molecule has 0 bridgehead atoms. The number of benzene rings is 1. The molecule has 0 aliphatic rings. The van der Waals surface area contributed by atoms with E-state index in [0.29, 0.717) is 5.02 Å². The number of hydrogen-bond donors (Lipinski definition) is 1. The molecule has 3 nitrogen and oxygen atoms in total. The van der Waals surface area contributed by atoms with Gasteiger partial charge in [-0.3, -0.25) is 9.88 Å². The van der Waals surface area contributed by atoms with Crippen molar-refractivity contribution < 1.29 is 0 Å². The summed E-state index contributed by atoms with van der Waals surface area (Å²) in [6, 6.07) is 9.84. The van der Waals surface area contributed by atoms with E-state index < -0.39 is 0 Å². The summed E-state index contributed by atoms with van der Waals surface area (Å²) < 4.78 is 0. The van der Waals surface area contributed by atoms with Crippen LogP contribution in [0.1, 0.15) is 11.1 Å². The predicted octanol–water partition coefficient (Wildman–Crippen LogP) is 2.95. The molecule has 2 rings (SSSR count). The van der Waals surface area contributed by atoms with E-state index in [1.165, 1.54) is 0 Å². The Bertz CT molecular complexity index is 480. The first-order valence-electron chi connectivity index (χ1n) is 5.77. The summed E-state index contributed by atoms with van der Waals surface area (Å²) in [5.74, 6) is 0. The maximum Gasteiger partial charge on any atom is 0.0634 e. The lowest BCUT2D eigenvalue weighted by molar-refractivity contribution is 0.319. The fraction of sp³-hybridized carbons (Fsp3) is 0.214. The van der Waals surface area contributed by atoms with Crippen LogP contribution < -0.4 is 5.73 Å². The van der Waals surface area contributed by atoms with Gasteiger partial charge in [-0.05, 0) is 30.3 Å². The van der Waals surface area contributed by atoms with Crippen LogP contribution in [0, 0.1) is 0 Å². The number of pyridine rings is 1. The lowest BCUT2D eigenvalue weighted by Gasteiger charge is -2.18. The molecular weight excluding hydrogens is 246 g/mol. The molecule has 2 N–H and O–H groups in total. The monoisotopic (exact) mass is 261 g/mol. The number of para-hydroxylation sites is 1. The molecule has 1 heterocycles. The fourth-order valence-electron chi connectivity index (χ4n) is 1.85. The largest absolute Gasteiger partial charge is 0.398 e. The van der Waals surface area contributed by atoms with Gasteiger partial charge in [0.2, 0.25) is 0 Å². The summed E-state index contributed by atoms with van der Waals surface area (Å²) in [5, 5.41) is 0.699. The van der Waals surface area contributed by atoms with E-state index in [0.717, 1.165) is 29.9 Å². The highest BCUT2D eigenvalue weighted by Gasteiger charge is 2.06. The third-order valence-corrected chi connectivity index (χ3v) is 3.13. The van der Waals surface area contributed by atoms with Gasteiger partial charge in [-0.15, -0.1) is 0 Å². The van der Waals surface area contributed by atoms with Crippen LogP contribution in [0.5, 0.6) is 0 Å². The van der Waals surface area contributed by atoms with E-state index in [-0.39, 0.29) is 0 Å². The van der Waals surface area contributed by atoms with E-state index in [4.69, 9.17) is 17.3 Å². The molecule has 0 unspecified atom stereocenters. The van der Waals surface area contributed by atoms with Gasteiger partial charge in [0.05, 0.1) is 5.02 Å². The Kier molecular flexibility index (Phi) is 4.18. The topological polar surface area (TPSA) is 42.1 Å². The Balaban J connectivity index is 2.04. The number of rotatable bonds is 4. The molecule has 1 aromatic carbocycles. The van der Waals surface area contributed by atoms with Crippen LogP contribution in [-0.4, -0.2) is 16.9 Å². The minimum absolute atomic E-state index is 0.699. The summed E-state index contributed by atoms with van der Waals surface area (Å²) >= 11 is 6.09. The molecule has 0 aliphatic carbocycles. The van der Waals surface area contributed by atoms with Crippen molar-refractivity contribution in [2.75, 3.05) is 12.8 Å². The van der Waals surface area contributed by atoms with Crippen LogP contribution in [0.3, 0.4) is 0 Å². The van der Waals surface area contributed by atoms with Crippen molar-refractivity contribution in [2.24, 2.45) is 0 Å². The number of nitrogen functional groups attached to an aromatic ring is 1. The summed E-state index contributed by atoms with van der Waals surface area (Å²) in [5.41, 5.74) is 8.96. The standard InChI is InChI=1S/C14H16ClN3/c1-18(9-11-6-7-17-8-13(11)15)10-12-4-2-3-5-14(12)16/h2-8H,9-10,16H2,1H3. The Morgan fingerprint density at radius 1 is 1.17 bits per heavy atom. The van der Waals surface area contributed by atoms with Gasteiger partial charge >= 0.3 is 0 Å². The number of aromatic nitrogens is 1. The zero-order valence-corrected chi connectivity index (χ0v) is 11.1. The van der Waals surface area contributed by atoms with Crippen LogP contribution >= 0.6 is 11.6 Å². The van der Waals surface area contributed by atoms with E-state index in [1.807, 2.05) is 37.4 Å². The maximum absolute atomic E-state index is 6.09. The Morgan fingerprint density at radius 3 is 2.61 bits per heavy atom. The molecule has 4 heteroatoms. The van der Waals surface area contributed by atoms with Crippen LogP contribution in [0.4, 0.5) is 5.69 Å². The van der Waals surface area contributed by atoms with Crippen molar-refractivity contribution in [2.45, 2.75) is 13.1 Å². The van der Waals surface area contributed by atoms with Gasteiger partial charge in [-0.2, -0.15) is 0 Å². The van der Waals surface area contributed by atoms with Gasteiger partial charge in [0.15, 0.2) is 0 Å². The summed E-state index contributed by atoms with van der Waals surface area (Å²) in [7, 11) is 2.04.